The molecule has 0 aliphatic carbocycles. The maximum absolute atomic E-state index is 11.9. The summed E-state index contributed by atoms with van der Waals surface area (Å²) in [6.45, 7) is 1.66. The molecule has 1 aliphatic rings. The summed E-state index contributed by atoms with van der Waals surface area (Å²) in [5.41, 5.74) is 0.542. The van der Waals surface area contributed by atoms with Gasteiger partial charge in [-0.15, -0.1) is 0 Å². The summed E-state index contributed by atoms with van der Waals surface area (Å²) in [4.78, 5) is 24.0. The second-order valence-corrected chi connectivity index (χ2v) is 4.03. The van der Waals surface area contributed by atoms with Crippen molar-refractivity contribution < 1.29 is 24.3 Å². The lowest BCUT2D eigenvalue weighted by Gasteiger charge is -2.19. The minimum atomic E-state index is -1.13. The average Bonchev–Trinajstić information content (AvgIpc) is 2.83. The van der Waals surface area contributed by atoms with Gasteiger partial charge in [-0.05, 0) is 6.92 Å². The standard InChI is InChI=1S/C10H12N2O5/c1-5-2-8(17-11-5)9(14)12-4-6(13)3-7(12)10(15)16/h2,6-7,13H,3-4H2,1H3,(H,15,16)/t6?,7-/m0/s1. The van der Waals surface area contributed by atoms with Crippen LogP contribution in [-0.2, 0) is 4.79 Å². The van der Waals surface area contributed by atoms with Crippen molar-refractivity contribution in [3.63, 3.8) is 0 Å². The fraction of sp³-hybridized carbons (Fsp3) is 0.500. The summed E-state index contributed by atoms with van der Waals surface area (Å²) < 4.78 is 4.79. The number of aliphatic hydroxyl groups excluding tert-OH is 1. The first-order chi connectivity index (χ1) is 7.99. The minimum Gasteiger partial charge on any atom is -0.480 e. The lowest BCUT2D eigenvalue weighted by molar-refractivity contribution is -0.141. The van der Waals surface area contributed by atoms with E-state index in [9.17, 15) is 14.7 Å². The van der Waals surface area contributed by atoms with Gasteiger partial charge < -0.3 is 19.6 Å². The number of aliphatic hydroxyl groups is 1. The zero-order valence-corrected chi connectivity index (χ0v) is 9.16. The minimum absolute atomic E-state index is 0.00442. The van der Waals surface area contributed by atoms with E-state index in [1.807, 2.05) is 0 Å². The molecule has 2 heterocycles. The summed E-state index contributed by atoms with van der Waals surface area (Å²) in [7, 11) is 0. The van der Waals surface area contributed by atoms with E-state index < -0.39 is 24.0 Å². The first kappa shape index (κ1) is 11.6. The number of aryl methyl sites for hydroxylation is 1. The van der Waals surface area contributed by atoms with Gasteiger partial charge in [0, 0.05) is 19.0 Å². The molecule has 0 radical (unpaired) electrons. The van der Waals surface area contributed by atoms with E-state index in [4.69, 9.17) is 9.63 Å². The summed E-state index contributed by atoms with van der Waals surface area (Å²) in [6, 6.07) is 0.425. The third kappa shape index (κ3) is 2.14. The molecule has 0 spiro atoms. The van der Waals surface area contributed by atoms with E-state index in [0.29, 0.717) is 5.69 Å². The van der Waals surface area contributed by atoms with Gasteiger partial charge in [0.1, 0.15) is 6.04 Å². The zero-order valence-electron chi connectivity index (χ0n) is 9.16. The van der Waals surface area contributed by atoms with Crippen LogP contribution in [0.3, 0.4) is 0 Å². The molecule has 7 nitrogen and oxygen atoms in total. The number of hydrogen-bond donors (Lipinski definition) is 2. The molecule has 1 fully saturated rings. The van der Waals surface area contributed by atoms with Crippen LogP contribution in [0.4, 0.5) is 0 Å². The molecule has 1 aliphatic heterocycles. The van der Waals surface area contributed by atoms with Crippen LogP contribution >= 0.6 is 0 Å². The molecule has 2 rings (SSSR count). The molecule has 0 aromatic carbocycles. The van der Waals surface area contributed by atoms with Crippen molar-refractivity contribution in [2.24, 2.45) is 0 Å². The van der Waals surface area contributed by atoms with Crippen molar-refractivity contribution in [3.8, 4) is 0 Å². The molecule has 1 aromatic heterocycles. The van der Waals surface area contributed by atoms with E-state index in [-0.39, 0.29) is 18.7 Å². The molecule has 1 unspecified atom stereocenters. The van der Waals surface area contributed by atoms with Crippen molar-refractivity contribution in [1.82, 2.24) is 10.1 Å². The molecule has 1 saturated heterocycles. The van der Waals surface area contributed by atoms with Crippen LogP contribution < -0.4 is 0 Å². The number of carbonyl (C=O) groups excluding carboxylic acids is 1. The van der Waals surface area contributed by atoms with Crippen molar-refractivity contribution in [2.75, 3.05) is 6.54 Å². The maximum Gasteiger partial charge on any atom is 0.326 e. The SMILES string of the molecule is Cc1cc(C(=O)N2CC(O)C[C@H]2C(=O)O)on1. The highest BCUT2D eigenvalue weighted by atomic mass is 16.5. The Morgan fingerprint density at radius 3 is 2.82 bits per heavy atom. The van der Waals surface area contributed by atoms with Gasteiger partial charge in [0.05, 0.1) is 11.8 Å². The molecule has 2 atom stereocenters. The lowest BCUT2D eigenvalue weighted by atomic mass is 10.2. The van der Waals surface area contributed by atoms with Gasteiger partial charge in [-0.1, -0.05) is 5.16 Å². The number of aromatic nitrogens is 1. The summed E-state index contributed by atoms with van der Waals surface area (Å²) in [5.74, 6) is -1.71. The predicted molar refractivity (Wildman–Crippen MR) is 54.3 cm³/mol. The summed E-state index contributed by atoms with van der Waals surface area (Å²) in [6.07, 6.45) is -0.780. The van der Waals surface area contributed by atoms with Gasteiger partial charge in [0.2, 0.25) is 5.76 Å². The molecule has 1 aromatic rings. The quantitative estimate of drug-likeness (QED) is 0.731. The molecular weight excluding hydrogens is 228 g/mol. The number of aliphatic carboxylic acids is 1. The largest absolute Gasteiger partial charge is 0.480 e. The summed E-state index contributed by atoms with van der Waals surface area (Å²) >= 11 is 0. The van der Waals surface area contributed by atoms with E-state index >= 15 is 0 Å². The van der Waals surface area contributed by atoms with Gasteiger partial charge in [-0.25, -0.2) is 4.79 Å². The normalized spacial score (nSPS) is 24.0. The maximum atomic E-state index is 11.9. The number of nitrogens with zero attached hydrogens (tertiary/aromatic N) is 2. The Kier molecular flexibility index (Phi) is 2.84. The first-order valence-electron chi connectivity index (χ1n) is 5.14. The Hall–Kier alpha value is -1.89. The number of rotatable bonds is 2. The van der Waals surface area contributed by atoms with Crippen LogP contribution in [-0.4, -0.2) is 50.8 Å². The van der Waals surface area contributed by atoms with Gasteiger partial charge >= 0.3 is 5.97 Å². The third-order valence-corrected chi connectivity index (χ3v) is 2.66. The third-order valence-electron chi connectivity index (χ3n) is 2.66. The fourth-order valence-electron chi connectivity index (χ4n) is 1.88. The molecule has 2 N–H and O–H groups in total. The first-order valence-corrected chi connectivity index (χ1v) is 5.14. The number of β-amino-alcohol motifs (C(OH)–C–C–N with tert-alkyl or cyclic N) is 1. The van der Waals surface area contributed by atoms with E-state index in [1.165, 1.54) is 6.07 Å². The van der Waals surface area contributed by atoms with Crippen molar-refractivity contribution >= 4 is 11.9 Å². The number of carboxylic acids is 1. The van der Waals surface area contributed by atoms with Crippen LogP contribution in [0.25, 0.3) is 0 Å². The lowest BCUT2D eigenvalue weighted by Crippen LogP contribution is -2.40. The molecule has 0 saturated carbocycles. The van der Waals surface area contributed by atoms with Crippen LogP contribution in [0.15, 0.2) is 10.6 Å². The summed E-state index contributed by atoms with van der Waals surface area (Å²) in [5, 5.41) is 21.9. The molecule has 1 amide bonds. The molecule has 0 bridgehead atoms. The van der Waals surface area contributed by atoms with Crippen LogP contribution in [0.2, 0.25) is 0 Å². The van der Waals surface area contributed by atoms with Crippen molar-refractivity contribution in [2.45, 2.75) is 25.5 Å². The van der Waals surface area contributed by atoms with Crippen LogP contribution in [0, 0.1) is 6.92 Å². The molecule has 92 valence electrons. The number of carboxylic acid groups (broad SMARTS) is 1. The van der Waals surface area contributed by atoms with E-state index in [2.05, 4.69) is 5.16 Å². The second kappa shape index (κ2) is 4.17. The Balaban J connectivity index is 2.21. The van der Waals surface area contributed by atoms with Gasteiger partial charge in [0.25, 0.3) is 5.91 Å². The van der Waals surface area contributed by atoms with E-state index in [1.54, 1.807) is 6.92 Å². The predicted octanol–water partition coefficient (Wildman–Crippen LogP) is -0.357. The van der Waals surface area contributed by atoms with Crippen LogP contribution in [0.5, 0.6) is 0 Å². The van der Waals surface area contributed by atoms with Gasteiger partial charge in [-0.3, -0.25) is 4.79 Å². The molecule has 7 heteroatoms. The monoisotopic (exact) mass is 240 g/mol. The number of hydrogen-bond acceptors (Lipinski definition) is 5. The zero-order chi connectivity index (χ0) is 12.6. The molecular formula is C10H12N2O5. The number of amides is 1. The molecule has 17 heavy (non-hydrogen) atoms. The van der Waals surface area contributed by atoms with Gasteiger partial charge in [0.15, 0.2) is 0 Å². The Morgan fingerprint density at radius 1 is 1.59 bits per heavy atom. The topological polar surface area (TPSA) is 104 Å². The van der Waals surface area contributed by atoms with E-state index in [0.717, 1.165) is 4.90 Å². The van der Waals surface area contributed by atoms with Crippen LogP contribution in [0.1, 0.15) is 22.7 Å². The average molecular weight is 240 g/mol. The highest BCUT2D eigenvalue weighted by Crippen LogP contribution is 2.21. The number of likely N-dealkylation sites (tertiary alicyclic amines) is 1. The van der Waals surface area contributed by atoms with Gasteiger partial charge in [-0.2, -0.15) is 0 Å². The number of carbonyl (C=O) groups is 2. The Morgan fingerprint density at radius 2 is 2.29 bits per heavy atom. The highest BCUT2D eigenvalue weighted by Gasteiger charge is 2.40. The smallest absolute Gasteiger partial charge is 0.326 e. The highest BCUT2D eigenvalue weighted by molar-refractivity contribution is 5.94. The van der Waals surface area contributed by atoms with Crippen molar-refractivity contribution in [3.05, 3.63) is 17.5 Å². The Labute approximate surface area is 96.6 Å². The fourth-order valence-corrected chi connectivity index (χ4v) is 1.88. The second-order valence-electron chi connectivity index (χ2n) is 4.03. The Bertz CT molecular complexity index is 455. The van der Waals surface area contributed by atoms with Crippen molar-refractivity contribution in [1.29, 1.82) is 0 Å².